The summed E-state index contributed by atoms with van der Waals surface area (Å²) in [5.74, 6) is 0.466. The lowest BCUT2D eigenvalue weighted by Crippen LogP contribution is -2.18. The number of hydrogen-bond acceptors (Lipinski definition) is 1. The van der Waals surface area contributed by atoms with E-state index < -0.39 is 7.14 Å². The van der Waals surface area contributed by atoms with Crippen molar-refractivity contribution in [3.63, 3.8) is 0 Å². The second-order valence-corrected chi connectivity index (χ2v) is 12.9. The number of hydrogen-bond donors (Lipinski definition) is 0. The van der Waals surface area contributed by atoms with Crippen molar-refractivity contribution in [2.45, 2.75) is 31.6 Å². The molecule has 0 spiro atoms. The molecule has 1 heterocycles. The lowest BCUT2D eigenvalue weighted by Gasteiger charge is -2.33. The van der Waals surface area contributed by atoms with Gasteiger partial charge in [-0.15, -0.1) is 0 Å². The van der Waals surface area contributed by atoms with E-state index in [1.165, 1.54) is 23.5 Å². The quantitative estimate of drug-likeness (QED) is 0.635. The Morgan fingerprint density at radius 2 is 1.52 bits per heavy atom. The first kappa shape index (κ1) is 16.9. The van der Waals surface area contributed by atoms with E-state index in [-0.39, 0.29) is 7.92 Å². The van der Waals surface area contributed by atoms with Gasteiger partial charge in [0.1, 0.15) is 0 Å². The van der Waals surface area contributed by atoms with E-state index in [9.17, 15) is 4.57 Å². The minimum atomic E-state index is -2.14. The highest BCUT2D eigenvalue weighted by molar-refractivity contribution is 7.82. The Kier molecular flexibility index (Phi) is 5.40. The third-order valence-corrected chi connectivity index (χ3v) is 13.5. The van der Waals surface area contributed by atoms with Crippen LogP contribution in [0.15, 0.2) is 60.7 Å². The van der Waals surface area contributed by atoms with Gasteiger partial charge in [-0.05, 0) is 41.7 Å². The molecule has 0 radical (unpaired) electrons. The maximum Gasteiger partial charge on any atom is 0.0951 e. The van der Waals surface area contributed by atoms with Crippen molar-refractivity contribution in [1.29, 1.82) is 0 Å². The second-order valence-electron chi connectivity index (χ2n) is 6.33. The van der Waals surface area contributed by atoms with Gasteiger partial charge in [0, 0.05) is 5.40 Å². The van der Waals surface area contributed by atoms with Crippen molar-refractivity contribution in [3.8, 4) is 0 Å². The summed E-state index contributed by atoms with van der Waals surface area (Å²) in [7, 11) is -2.47. The SMILES string of the molecule is CCP(=O)(CC)C1C(c2ccccc2)CCP1c1ccccc1. The third kappa shape index (κ3) is 3.33. The van der Waals surface area contributed by atoms with Crippen LogP contribution in [0.3, 0.4) is 0 Å². The Balaban J connectivity index is 2.04. The Hall–Kier alpha value is -0.900. The first-order valence-corrected chi connectivity index (χ1v) is 12.4. The molecule has 2 aromatic rings. The highest BCUT2D eigenvalue weighted by Gasteiger charge is 2.46. The topological polar surface area (TPSA) is 17.1 Å². The smallest absolute Gasteiger partial charge is 0.0951 e. The van der Waals surface area contributed by atoms with E-state index in [2.05, 4.69) is 74.5 Å². The molecule has 0 amide bonds. The van der Waals surface area contributed by atoms with Gasteiger partial charge in [0.2, 0.25) is 0 Å². The minimum absolute atomic E-state index is 0.329. The number of rotatable bonds is 5. The Morgan fingerprint density at radius 1 is 0.957 bits per heavy atom. The molecule has 122 valence electrons. The van der Waals surface area contributed by atoms with Crippen molar-refractivity contribution in [3.05, 3.63) is 66.2 Å². The molecule has 3 rings (SSSR count). The maximum absolute atomic E-state index is 13.7. The molecule has 2 aromatic carbocycles. The Morgan fingerprint density at radius 3 is 2.09 bits per heavy atom. The molecule has 3 heteroatoms. The fraction of sp³-hybridized carbons (Fsp3) is 0.400. The van der Waals surface area contributed by atoms with Crippen molar-refractivity contribution >= 4 is 20.4 Å². The highest BCUT2D eigenvalue weighted by atomic mass is 31.2. The van der Waals surface area contributed by atoms with Gasteiger partial charge in [-0.1, -0.05) is 82.4 Å². The van der Waals surface area contributed by atoms with Crippen LogP contribution in [0.5, 0.6) is 0 Å². The summed E-state index contributed by atoms with van der Waals surface area (Å²) in [4.78, 5) is 0. The second kappa shape index (κ2) is 7.33. The van der Waals surface area contributed by atoms with Gasteiger partial charge in [0.15, 0.2) is 0 Å². The molecular formula is C20H26OP2. The van der Waals surface area contributed by atoms with Crippen LogP contribution in [-0.4, -0.2) is 23.9 Å². The van der Waals surface area contributed by atoms with Crippen LogP contribution in [0.4, 0.5) is 0 Å². The van der Waals surface area contributed by atoms with E-state index in [0.717, 1.165) is 12.3 Å². The van der Waals surface area contributed by atoms with Gasteiger partial charge in [0.25, 0.3) is 0 Å². The van der Waals surface area contributed by atoms with E-state index in [1.807, 2.05) is 0 Å². The first-order valence-electron chi connectivity index (χ1n) is 8.64. The van der Waals surface area contributed by atoms with Gasteiger partial charge >= 0.3 is 0 Å². The molecule has 0 aromatic heterocycles. The van der Waals surface area contributed by atoms with Gasteiger partial charge < -0.3 is 4.57 Å². The molecular weight excluding hydrogens is 318 g/mol. The zero-order chi connectivity index (χ0) is 16.3. The molecule has 1 aliphatic rings. The van der Waals surface area contributed by atoms with Crippen LogP contribution >= 0.6 is 15.1 Å². The largest absolute Gasteiger partial charge is 0.323 e. The Labute approximate surface area is 141 Å². The number of benzene rings is 2. The highest BCUT2D eigenvalue weighted by Crippen LogP contribution is 2.71. The van der Waals surface area contributed by atoms with Crippen LogP contribution in [0, 0.1) is 0 Å². The molecule has 1 nitrogen and oxygen atoms in total. The Bertz CT molecular complexity index is 613. The summed E-state index contributed by atoms with van der Waals surface area (Å²) in [6, 6.07) is 21.6. The predicted molar refractivity (Wildman–Crippen MR) is 104 cm³/mol. The fourth-order valence-corrected chi connectivity index (χ4v) is 12.5. The first-order chi connectivity index (χ1) is 11.2. The zero-order valence-electron chi connectivity index (χ0n) is 14.1. The minimum Gasteiger partial charge on any atom is -0.323 e. The lowest BCUT2D eigenvalue weighted by molar-refractivity contribution is 0.567. The average molecular weight is 344 g/mol. The van der Waals surface area contributed by atoms with Crippen LogP contribution < -0.4 is 5.30 Å². The predicted octanol–water partition coefficient (Wildman–Crippen LogP) is 5.71. The summed E-state index contributed by atoms with van der Waals surface area (Å²) < 4.78 is 13.7. The summed E-state index contributed by atoms with van der Waals surface area (Å²) in [6.45, 7) is 4.26. The molecule has 3 unspecified atom stereocenters. The molecule has 0 N–H and O–H groups in total. The summed E-state index contributed by atoms with van der Waals surface area (Å²) in [5.41, 5.74) is 1.39. The summed E-state index contributed by atoms with van der Waals surface area (Å²) in [6.07, 6.45) is 4.07. The molecule has 23 heavy (non-hydrogen) atoms. The molecule has 1 aliphatic heterocycles. The van der Waals surface area contributed by atoms with E-state index in [1.54, 1.807) is 0 Å². The van der Waals surface area contributed by atoms with Gasteiger partial charge in [-0.25, -0.2) is 0 Å². The van der Waals surface area contributed by atoms with Crippen LogP contribution in [0.1, 0.15) is 31.7 Å². The lowest BCUT2D eigenvalue weighted by atomic mass is 9.99. The third-order valence-electron chi connectivity index (χ3n) is 5.23. The zero-order valence-corrected chi connectivity index (χ0v) is 15.8. The van der Waals surface area contributed by atoms with Crippen LogP contribution in [0.2, 0.25) is 0 Å². The van der Waals surface area contributed by atoms with Crippen LogP contribution in [-0.2, 0) is 4.57 Å². The molecule has 0 aliphatic carbocycles. The van der Waals surface area contributed by atoms with E-state index in [0.29, 0.717) is 11.3 Å². The van der Waals surface area contributed by atoms with Crippen molar-refractivity contribution in [2.24, 2.45) is 0 Å². The summed E-state index contributed by atoms with van der Waals surface area (Å²) in [5, 5.41) is 1.80. The average Bonchev–Trinajstić information content (AvgIpc) is 3.08. The molecule has 3 atom stereocenters. The van der Waals surface area contributed by atoms with Crippen molar-refractivity contribution in [2.75, 3.05) is 18.5 Å². The standard InChI is InChI=1S/C20H26OP2/c1-3-23(21,4-2)20-19(17-11-7-5-8-12-17)15-16-22(20)18-13-9-6-10-14-18/h5-14,19-20H,3-4,15-16H2,1-2H3. The molecule has 1 saturated heterocycles. The summed E-state index contributed by atoms with van der Waals surface area (Å²) >= 11 is 0. The van der Waals surface area contributed by atoms with Gasteiger partial charge in [0.05, 0.1) is 7.14 Å². The van der Waals surface area contributed by atoms with E-state index in [4.69, 9.17) is 0 Å². The fourth-order valence-electron chi connectivity index (χ4n) is 3.90. The maximum atomic E-state index is 13.7. The monoisotopic (exact) mass is 344 g/mol. The van der Waals surface area contributed by atoms with Crippen molar-refractivity contribution < 1.29 is 4.57 Å². The normalized spacial score (nSPS) is 24.7. The van der Waals surface area contributed by atoms with Crippen LogP contribution in [0.25, 0.3) is 0 Å². The molecule has 0 saturated carbocycles. The molecule has 0 bridgehead atoms. The van der Waals surface area contributed by atoms with Gasteiger partial charge in [-0.2, -0.15) is 0 Å². The molecule has 1 fully saturated rings. The van der Waals surface area contributed by atoms with E-state index >= 15 is 0 Å². The van der Waals surface area contributed by atoms with Crippen molar-refractivity contribution in [1.82, 2.24) is 0 Å². The van der Waals surface area contributed by atoms with Gasteiger partial charge in [-0.3, -0.25) is 0 Å².